The van der Waals surface area contributed by atoms with Gasteiger partial charge < -0.3 is 4.90 Å². The molecule has 1 atom stereocenters. The average molecular weight is 329 g/mol. The topological polar surface area (TPSA) is 56.0 Å². The van der Waals surface area contributed by atoms with Crippen LogP contribution in [-0.2, 0) is 13.6 Å². The summed E-state index contributed by atoms with van der Waals surface area (Å²) in [7, 11) is 1.96. The molecule has 0 N–H and O–H groups in total. The lowest BCUT2D eigenvalue weighted by atomic mass is 10.0. The Morgan fingerprint density at radius 1 is 1.38 bits per heavy atom. The average Bonchev–Trinajstić information content (AvgIpc) is 3.19. The van der Waals surface area contributed by atoms with Gasteiger partial charge in [-0.1, -0.05) is 13.8 Å². The molecule has 6 heteroatoms. The Morgan fingerprint density at radius 2 is 2.12 bits per heavy atom. The first kappa shape index (κ1) is 16.7. The van der Waals surface area contributed by atoms with Gasteiger partial charge >= 0.3 is 0 Å². The van der Waals surface area contributed by atoms with E-state index in [1.165, 1.54) is 5.56 Å². The number of aromatic nitrogens is 4. The van der Waals surface area contributed by atoms with E-state index in [0.717, 1.165) is 37.3 Å². The highest BCUT2D eigenvalue weighted by molar-refractivity contribution is 5.93. The van der Waals surface area contributed by atoms with E-state index < -0.39 is 0 Å². The Labute approximate surface area is 143 Å². The molecule has 0 radical (unpaired) electrons. The Kier molecular flexibility index (Phi) is 4.47. The Hall–Kier alpha value is -2.11. The fourth-order valence-corrected chi connectivity index (χ4v) is 3.73. The first-order chi connectivity index (χ1) is 11.4. The fourth-order valence-electron chi connectivity index (χ4n) is 3.73. The predicted molar refractivity (Wildman–Crippen MR) is 92.8 cm³/mol. The molecule has 1 amide bonds. The molecule has 2 aromatic heterocycles. The third-order valence-corrected chi connectivity index (χ3v) is 4.89. The quantitative estimate of drug-likeness (QED) is 0.867. The van der Waals surface area contributed by atoms with Gasteiger partial charge in [0.1, 0.15) is 5.69 Å². The minimum absolute atomic E-state index is 0.0818. The molecule has 3 heterocycles. The van der Waals surface area contributed by atoms with E-state index in [4.69, 9.17) is 0 Å². The highest BCUT2D eigenvalue weighted by Gasteiger charge is 2.35. The molecule has 3 rings (SSSR count). The van der Waals surface area contributed by atoms with Gasteiger partial charge in [-0.2, -0.15) is 10.2 Å². The molecule has 0 aromatic carbocycles. The van der Waals surface area contributed by atoms with Gasteiger partial charge in [-0.05, 0) is 38.7 Å². The van der Waals surface area contributed by atoms with Crippen LogP contribution in [0.3, 0.4) is 0 Å². The third-order valence-electron chi connectivity index (χ3n) is 4.89. The van der Waals surface area contributed by atoms with Crippen LogP contribution in [0.5, 0.6) is 0 Å². The number of carbonyl (C=O) groups excluding carboxylic acids is 1. The smallest absolute Gasteiger partial charge is 0.272 e. The molecule has 1 aliphatic rings. The van der Waals surface area contributed by atoms with Crippen LogP contribution in [0.4, 0.5) is 0 Å². The summed E-state index contributed by atoms with van der Waals surface area (Å²) in [5, 5.41) is 8.87. The van der Waals surface area contributed by atoms with Gasteiger partial charge in [0.2, 0.25) is 0 Å². The molecular weight excluding hydrogens is 302 g/mol. The van der Waals surface area contributed by atoms with E-state index in [1.807, 2.05) is 34.3 Å². The lowest BCUT2D eigenvalue weighted by molar-refractivity contribution is 0.0721. The van der Waals surface area contributed by atoms with Crippen LogP contribution in [0.15, 0.2) is 12.3 Å². The highest BCUT2D eigenvalue weighted by Crippen LogP contribution is 2.36. The number of amides is 1. The van der Waals surface area contributed by atoms with Crippen molar-refractivity contribution in [3.8, 4) is 0 Å². The van der Waals surface area contributed by atoms with Crippen molar-refractivity contribution in [2.24, 2.45) is 13.0 Å². The number of rotatable bonds is 4. The summed E-state index contributed by atoms with van der Waals surface area (Å²) in [6, 6.07) is 1.96. The molecule has 0 spiro atoms. The summed E-state index contributed by atoms with van der Waals surface area (Å²) in [6.07, 6.45) is 3.75. The summed E-state index contributed by atoms with van der Waals surface area (Å²) in [4.78, 5) is 15.2. The van der Waals surface area contributed by atoms with E-state index in [2.05, 4.69) is 31.0 Å². The van der Waals surface area contributed by atoms with Crippen molar-refractivity contribution in [3.63, 3.8) is 0 Å². The van der Waals surface area contributed by atoms with Crippen molar-refractivity contribution in [2.75, 3.05) is 6.54 Å². The summed E-state index contributed by atoms with van der Waals surface area (Å²) in [5.41, 5.74) is 4.07. The van der Waals surface area contributed by atoms with E-state index in [-0.39, 0.29) is 11.9 Å². The minimum Gasteiger partial charge on any atom is -0.330 e. The van der Waals surface area contributed by atoms with Gasteiger partial charge in [0.25, 0.3) is 5.91 Å². The molecule has 1 unspecified atom stereocenters. The number of hydrogen-bond donors (Lipinski definition) is 0. The van der Waals surface area contributed by atoms with Crippen LogP contribution in [0.1, 0.15) is 60.2 Å². The van der Waals surface area contributed by atoms with Crippen molar-refractivity contribution in [1.82, 2.24) is 24.5 Å². The lowest BCUT2D eigenvalue weighted by Crippen LogP contribution is -2.33. The van der Waals surface area contributed by atoms with E-state index in [9.17, 15) is 4.79 Å². The number of carbonyl (C=O) groups is 1. The van der Waals surface area contributed by atoms with Crippen LogP contribution in [0, 0.1) is 19.8 Å². The zero-order chi connectivity index (χ0) is 17.4. The van der Waals surface area contributed by atoms with Crippen LogP contribution in [0.25, 0.3) is 0 Å². The summed E-state index contributed by atoms with van der Waals surface area (Å²) < 4.78 is 3.75. The molecular formula is C18H27N5O. The molecule has 0 bridgehead atoms. The number of nitrogens with zero attached hydrogens (tertiary/aromatic N) is 5. The molecule has 24 heavy (non-hydrogen) atoms. The molecule has 130 valence electrons. The van der Waals surface area contributed by atoms with Gasteiger partial charge in [0.05, 0.1) is 11.7 Å². The van der Waals surface area contributed by atoms with E-state index in [0.29, 0.717) is 11.6 Å². The Morgan fingerprint density at radius 3 is 2.75 bits per heavy atom. The van der Waals surface area contributed by atoms with E-state index in [1.54, 1.807) is 6.20 Å². The van der Waals surface area contributed by atoms with Crippen molar-refractivity contribution < 1.29 is 4.79 Å². The van der Waals surface area contributed by atoms with Crippen molar-refractivity contribution in [1.29, 1.82) is 0 Å². The maximum Gasteiger partial charge on any atom is 0.272 e. The highest BCUT2D eigenvalue weighted by atomic mass is 16.2. The zero-order valence-corrected chi connectivity index (χ0v) is 15.3. The molecule has 2 aromatic rings. The standard InChI is InChI=1S/C18H27N5O/c1-12(2)11-23-16(8-9-19-23)18(24)22-10-6-7-15(22)17-13(3)20-21(5)14(17)4/h8-9,12,15H,6-7,10-11H2,1-5H3. The SMILES string of the molecule is Cc1nn(C)c(C)c1C1CCCN1C(=O)c1ccnn1CC(C)C. The van der Waals surface area contributed by atoms with Crippen LogP contribution >= 0.6 is 0 Å². The lowest BCUT2D eigenvalue weighted by Gasteiger charge is -2.26. The Balaban J connectivity index is 1.91. The second-order valence-corrected chi connectivity index (χ2v) is 7.16. The molecule has 1 aliphatic heterocycles. The van der Waals surface area contributed by atoms with Crippen molar-refractivity contribution in [2.45, 2.75) is 53.1 Å². The number of aryl methyl sites for hydroxylation is 2. The zero-order valence-electron chi connectivity index (χ0n) is 15.3. The summed E-state index contributed by atoms with van der Waals surface area (Å²) in [6.45, 7) is 9.95. The summed E-state index contributed by atoms with van der Waals surface area (Å²) >= 11 is 0. The largest absolute Gasteiger partial charge is 0.330 e. The fraction of sp³-hybridized carbons (Fsp3) is 0.611. The first-order valence-corrected chi connectivity index (χ1v) is 8.73. The van der Waals surface area contributed by atoms with Crippen molar-refractivity contribution >= 4 is 5.91 Å². The summed E-state index contributed by atoms with van der Waals surface area (Å²) in [5.74, 6) is 0.534. The molecule has 0 aliphatic carbocycles. The van der Waals surface area contributed by atoms with Gasteiger partial charge in [0, 0.05) is 37.6 Å². The Bertz CT molecular complexity index is 743. The normalized spacial score (nSPS) is 17.9. The van der Waals surface area contributed by atoms with Crippen molar-refractivity contribution in [3.05, 3.63) is 34.9 Å². The van der Waals surface area contributed by atoms with Crippen LogP contribution in [-0.4, -0.2) is 36.9 Å². The maximum atomic E-state index is 13.2. The minimum atomic E-state index is 0.0818. The first-order valence-electron chi connectivity index (χ1n) is 8.73. The van der Waals surface area contributed by atoms with Gasteiger partial charge in [-0.15, -0.1) is 0 Å². The van der Waals surface area contributed by atoms with Crippen LogP contribution < -0.4 is 0 Å². The van der Waals surface area contributed by atoms with Gasteiger partial charge in [0.15, 0.2) is 0 Å². The predicted octanol–water partition coefficient (Wildman–Crippen LogP) is 2.87. The van der Waals surface area contributed by atoms with E-state index >= 15 is 0 Å². The molecule has 1 saturated heterocycles. The van der Waals surface area contributed by atoms with Gasteiger partial charge in [-0.3, -0.25) is 14.2 Å². The second-order valence-electron chi connectivity index (χ2n) is 7.16. The van der Waals surface area contributed by atoms with Gasteiger partial charge in [-0.25, -0.2) is 0 Å². The monoisotopic (exact) mass is 329 g/mol. The third kappa shape index (κ3) is 2.85. The maximum absolute atomic E-state index is 13.2. The molecule has 0 saturated carbocycles. The second kappa shape index (κ2) is 6.42. The molecule has 1 fully saturated rings. The van der Waals surface area contributed by atoms with Crippen LogP contribution in [0.2, 0.25) is 0 Å². The molecule has 6 nitrogen and oxygen atoms in total. The number of likely N-dealkylation sites (tertiary alicyclic amines) is 1. The number of hydrogen-bond acceptors (Lipinski definition) is 3.